The van der Waals surface area contributed by atoms with E-state index in [-0.39, 0.29) is 23.3 Å². The quantitative estimate of drug-likeness (QED) is 0.497. The highest BCUT2D eigenvalue weighted by Gasteiger charge is 2.34. The van der Waals surface area contributed by atoms with E-state index in [1.165, 1.54) is 15.6 Å². The number of nitrogens with zero attached hydrogens (tertiary/aromatic N) is 2. The number of sulfonamides is 1. The summed E-state index contributed by atoms with van der Waals surface area (Å²) in [5, 5.41) is 7.82. The molecule has 0 spiro atoms. The maximum Gasteiger partial charge on any atom is 0.249 e. The predicted octanol–water partition coefficient (Wildman–Crippen LogP) is 2.91. The standard InChI is InChI=1S/C24H26N4O4S2/c29-22(19-10-7-14-28(17-19)34(31,32)20-11-5-2-6-12-20)26-21(16-18-8-3-1-4-9-18)23(30)27-24-25-13-15-33-24/h1-6,8-9,11-13,15,19,21H,7,10,14,16-17H2,(H,26,29)(H,25,27,30). The molecule has 2 heterocycles. The minimum absolute atomic E-state index is 0.0786. The normalized spacial score (nSPS) is 17.6. The fourth-order valence-electron chi connectivity index (χ4n) is 3.94. The van der Waals surface area contributed by atoms with Crippen molar-refractivity contribution in [1.82, 2.24) is 14.6 Å². The van der Waals surface area contributed by atoms with Crippen LogP contribution in [-0.4, -0.2) is 48.7 Å². The lowest BCUT2D eigenvalue weighted by atomic mass is 9.97. The fraction of sp³-hybridized carbons (Fsp3) is 0.292. The Hall–Kier alpha value is -3.08. The number of nitrogens with one attached hydrogen (secondary N) is 2. The number of benzene rings is 2. The largest absolute Gasteiger partial charge is 0.344 e. The zero-order valence-corrected chi connectivity index (χ0v) is 20.1. The number of hydrogen-bond donors (Lipinski definition) is 2. The van der Waals surface area contributed by atoms with Gasteiger partial charge in [-0.25, -0.2) is 13.4 Å². The number of carbonyl (C=O) groups is 2. The first kappa shape index (κ1) is 24.1. The Morgan fingerprint density at radius 1 is 1.09 bits per heavy atom. The van der Waals surface area contributed by atoms with E-state index in [2.05, 4.69) is 15.6 Å². The number of aromatic nitrogens is 1. The lowest BCUT2D eigenvalue weighted by Crippen LogP contribution is -2.51. The minimum Gasteiger partial charge on any atom is -0.344 e. The van der Waals surface area contributed by atoms with Gasteiger partial charge in [0.15, 0.2) is 5.13 Å². The molecule has 0 radical (unpaired) electrons. The second-order valence-corrected chi connectivity index (χ2v) is 10.9. The minimum atomic E-state index is -3.69. The van der Waals surface area contributed by atoms with Crippen molar-refractivity contribution in [2.45, 2.75) is 30.2 Å². The number of thiazole rings is 1. The van der Waals surface area contributed by atoms with Crippen molar-refractivity contribution in [2.24, 2.45) is 5.92 Å². The van der Waals surface area contributed by atoms with Gasteiger partial charge < -0.3 is 10.6 Å². The van der Waals surface area contributed by atoms with Crippen molar-refractivity contribution in [1.29, 1.82) is 0 Å². The molecule has 1 aliphatic rings. The molecule has 2 amide bonds. The summed E-state index contributed by atoms with van der Waals surface area (Å²) < 4.78 is 27.4. The molecule has 34 heavy (non-hydrogen) atoms. The van der Waals surface area contributed by atoms with Crippen LogP contribution in [0.4, 0.5) is 5.13 Å². The maximum absolute atomic E-state index is 13.2. The van der Waals surface area contributed by atoms with Crippen LogP contribution >= 0.6 is 11.3 Å². The Balaban J connectivity index is 1.47. The highest BCUT2D eigenvalue weighted by Crippen LogP contribution is 2.24. The van der Waals surface area contributed by atoms with E-state index in [4.69, 9.17) is 0 Å². The predicted molar refractivity (Wildman–Crippen MR) is 131 cm³/mol. The van der Waals surface area contributed by atoms with Crippen LogP contribution in [0.2, 0.25) is 0 Å². The number of piperidine rings is 1. The van der Waals surface area contributed by atoms with Gasteiger partial charge in [-0.15, -0.1) is 11.3 Å². The van der Waals surface area contributed by atoms with Crippen molar-refractivity contribution in [3.63, 3.8) is 0 Å². The SMILES string of the molecule is O=C(NC(Cc1ccccc1)C(=O)Nc1nccs1)C1CCCN(S(=O)(=O)c2ccccc2)C1. The molecule has 0 aliphatic carbocycles. The van der Waals surface area contributed by atoms with Crippen LogP contribution < -0.4 is 10.6 Å². The molecule has 2 N–H and O–H groups in total. The molecule has 4 rings (SSSR count). The fourth-order valence-corrected chi connectivity index (χ4v) is 6.02. The summed E-state index contributed by atoms with van der Waals surface area (Å²) in [5.41, 5.74) is 0.902. The van der Waals surface area contributed by atoms with Gasteiger partial charge in [0.05, 0.1) is 10.8 Å². The lowest BCUT2D eigenvalue weighted by Gasteiger charge is -2.32. The summed E-state index contributed by atoms with van der Waals surface area (Å²) >= 11 is 1.29. The Labute approximate surface area is 203 Å². The second kappa shape index (κ2) is 10.9. The van der Waals surface area contributed by atoms with E-state index >= 15 is 0 Å². The van der Waals surface area contributed by atoms with Gasteiger partial charge in [-0.2, -0.15) is 4.31 Å². The number of anilines is 1. The van der Waals surface area contributed by atoms with E-state index in [9.17, 15) is 18.0 Å². The molecule has 1 fully saturated rings. The van der Waals surface area contributed by atoms with Gasteiger partial charge in [0.2, 0.25) is 21.8 Å². The first-order valence-electron chi connectivity index (χ1n) is 11.0. The van der Waals surface area contributed by atoms with Gasteiger partial charge in [-0.3, -0.25) is 9.59 Å². The van der Waals surface area contributed by atoms with Crippen molar-refractivity contribution in [2.75, 3.05) is 18.4 Å². The van der Waals surface area contributed by atoms with Crippen molar-refractivity contribution in [3.8, 4) is 0 Å². The summed E-state index contributed by atoms with van der Waals surface area (Å²) in [6, 6.07) is 16.8. The maximum atomic E-state index is 13.2. The Kier molecular flexibility index (Phi) is 7.71. The highest BCUT2D eigenvalue weighted by atomic mass is 32.2. The average Bonchev–Trinajstić information content (AvgIpc) is 3.38. The summed E-state index contributed by atoms with van der Waals surface area (Å²) in [5.74, 6) is -1.24. The van der Waals surface area contributed by atoms with Gasteiger partial charge in [-0.05, 0) is 30.5 Å². The van der Waals surface area contributed by atoms with Crippen LogP contribution in [0.3, 0.4) is 0 Å². The van der Waals surface area contributed by atoms with Gasteiger partial charge in [0, 0.05) is 31.1 Å². The van der Waals surface area contributed by atoms with Gasteiger partial charge in [0.1, 0.15) is 6.04 Å². The van der Waals surface area contributed by atoms with Gasteiger partial charge >= 0.3 is 0 Å². The Bertz CT molecular complexity index is 1200. The third-order valence-corrected chi connectivity index (χ3v) is 8.28. The molecule has 3 aromatic rings. The monoisotopic (exact) mass is 498 g/mol. The van der Waals surface area contributed by atoms with Crippen molar-refractivity contribution in [3.05, 3.63) is 77.8 Å². The zero-order chi connectivity index (χ0) is 24.0. The van der Waals surface area contributed by atoms with Gasteiger partial charge in [0.25, 0.3) is 0 Å². The van der Waals surface area contributed by atoms with Crippen LogP contribution in [-0.2, 0) is 26.0 Å². The van der Waals surface area contributed by atoms with Crippen LogP contribution in [0.25, 0.3) is 0 Å². The molecule has 1 aliphatic heterocycles. The molecule has 8 nitrogen and oxygen atoms in total. The van der Waals surface area contributed by atoms with E-state index in [1.807, 2.05) is 30.3 Å². The molecule has 178 valence electrons. The molecule has 1 aromatic heterocycles. The molecular weight excluding hydrogens is 472 g/mol. The van der Waals surface area contributed by atoms with E-state index in [0.717, 1.165) is 5.56 Å². The highest BCUT2D eigenvalue weighted by molar-refractivity contribution is 7.89. The number of carbonyl (C=O) groups excluding carboxylic acids is 2. The van der Waals surface area contributed by atoms with E-state index in [0.29, 0.717) is 30.9 Å². The Morgan fingerprint density at radius 2 is 1.79 bits per heavy atom. The summed E-state index contributed by atoms with van der Waals surface area (Å²) in [7, 11) is -3.69. The lowest BCUT2D eigenvalue weighted by molar-refractivity contribution is -0.130. The number of amides is 2. The molecule has 2 aromatic carbocycles. The summed E-state index contributed by atoms with van der Waals surface area (Å²) in [4.78, 5) is 30.5. The van der Waals surface area contributed by atoms with E-state index < -0.39 is 22.0 Å². The molecular formula is C24H26N4O4S2. The van der Waals surface area contributed by atoms with Crippen LogP contribution in [0, 0.1) is 5.92 Å². The summed E-state index contributed by atoms with van der Waals surface area (Å²) in [6.07, 6.45) is 3.02. The second-order valence-electron chi connectivity index (χ2n) is 8.09. The third-order valence-electron chi connectivity index (χ3n) is 5.71. The molecule has 10 heteroatoms. The molecule has 0 saturated carbocycles. The van der Waals surface area contributed by atoms with Crippen LogP contribution in [0.15, 0.2) is 77.1 Å². The van der Waals surface area contributed by atoms with E-state index in [1.54, 1.807) is 41.9 Å². The number of hydrogen-bond acceptors (Lipinski definition) is 6. The van der Waals surface area contributed by atoms with Crippen LogP contribution in [0.1, 0.15) is 18.4 Å². The third kappa shape index (κ3) is 5.88. The van der Waals surface area contributed by atoms with Crippen LogP contribution in [0.5, 0.6) is 0 Å². The zero-order valence-electron chi connectivity index (χ0n) is 18.5. The molecule has 2 unspecified atom stereocenters. The average molecular weight is 499 g/mol. The topological polar surface area (TPSA) is 108 Å². The van der Waals surface area contributed by atoms with Gasteiger partial charge in [-0.1, -0.05) is 48.5 Å². The number of rotatable bonds is 8. The first-order chi connectivity index (χ1) is 16.4. The Morgan fingerprint density at radius 3 is 2.47 bits per heavy atom. The summed E-state index contributed by atoms with van der Waals surface area (Å²) in [6.45, 7) is 0.439. The molecule has 0 bridgehead atoms. The first-order valence-corrected chi connectivity index (χ1v) is 13.4. The molecule has 1 saturated heterocycles. The smallest absolute Gasteiger partial charge is 0.249 e. The van der Waals surface area contributed by atoms with Crippen molar-refractivity contribution >= 4 is 38.3 Å². The molecule has 2 atom stereocenters. The van der Waals surface area contributed by atoms with Crippen molar-refractivity contribution < 1.29 is 18.0 Å².